The molecule has 7 heteroatoms. The quantitative estimate of drug-likeness (QED) is 0.574. The largest absolute Gasteiger partial charge is 0.347 e. The molecule has 0 aliphatic carbocycles. The van der Waals surface area contributed by atoms with Gasteiger partial charge in [-0.2, -0.15) is 5.10 Å². The predicted molar refractivity (Wildman–Crippen MR) is 100 cm³/mol. The highest BCUT2D eigenvalue weighted by Crippen LogP contribution is 2.11. The number of carbonyl (C=O) groups is 1. The first-order chi connectivity index (χ1) is 13.3. The van der Waals surface area contributed by atoms with Crippen molar-refractivity contribution in [3.05, 3.63) is 96.5 Å². The van der Waals surface area contributed by atoms with E-state index in [0.717, 1.165) is 11.1 Å². The number of hydrogen-bond acceptors (Lipinski definition) is 4. The molecule has 0 bridgehead atoms. The average Bonchev–Trinajstić information content (AvgIpc) is 3.39. The van der Waals surface area contributed by atoms with Gasteiger partial charge in [0.05, 0.1) is 0 Å². The minimum Gasteiger partial charge on any atom is -0.347 e. The summed E-state index contributed by atoms with van der Waals surface area (Å²) in [6.07, 6.45) is 6.63. The SMILES string of the molecule is O=C(NCc1cccnc1-n1cncn1)c1cccn1Cc1ccccc1. The van der Waals surface area contributed by atoms with E-state index in [4.69, 9.17) is 0 Å². The third-order valence-corrected chi connectivity index (χ3v) is 4.20. The summed E-state index contributed by atoms with van der Waals surface area (Å²) in [6.45, 7) is 0.992. The fraction of sp³-hybridized carbons (Fsp3) is 0.100. The molecule has 0 saturated carbocycles. The Balaban J connectivity index is 1.48. The number of pyridine rings is 1. The highest BCUT2D eigenvalue weighted by Gasteiger charge is 2.13. The Bertz CT molecular complexity index is 1020. The topological polar surface area (TPSA) is 77.6 Å². The number of carbonyl (C=O) groups excluding carboxylic acids is 1. The van der Waals surface area contributed by atoms with Gasteiger partial charge in [-0.25, -0.2) is 14.6 Å². The summed E-state index contributed by atoms with van der Waals surface area (Å²) in [7, 11) is 0. The molecule has 0 fully saturated rings. The van der Waals surface area contributed by atoms with Crippen LogP contribution in [0.5, 0.6) is 0 Å². The molecule has 1 aromatic carbocycles. The van der Waals surface area contributed by atoms with Crippen molar-refractivity contribution in [2.75, 3.05) is 0 Å². The Labute approximate surface area is 156 Å². The summed E-state index contributed by atoms with van der Waals surface area (Å²) >= 11 is 0. The maximum absolute atomic E-state index is 12.7. The summed E-state index contributed by atoms with van der Waals surface area (Å²) in [5.41, 5.74) is 2.62. The summed E-state index contributed by atoms with van der Waals surface area (Å²) < 4.78 is 3.52. The van der Waals surface area contributed by atoms with Gasteiger partial charge in [0.2, 0.25) is 0 Å². The second kappa shape index (κ2) is 7.65. The third kappa shape index (κ3) is 3.77. The van der Waals surface area contributed by atoms with Crippen LogP contribution in [0, 0.1) is 0 Å². The zero-order chi connectivity index (χ0) is 18.5. The van der Waals surface area contributed by atoms with E-state index in [9.17, 15) is 4.79 Å². The number of rotatable bonds is 6. The van der Waals surface area contributed by atoms with E-state index in [-0.39, 0.29) is 5.91 Å². The first-order valence-electron chi connectivity index (χ1n) is 8.57. The van der Waals surface area contributed by atoms with Crippen molar-refractivity contribution in [2.45, 2.75) is 13.1 Å². The van der Waals surface area contributed by atoms with Gasteiger partial charge in [0.25, 0.3) is 5.91 Å². The van der Waals surface area contributed by atoms with Crippen LogP contribution in [0.4, 0.5) is 0 Å². The van der Waals surface area contributed by atoms with Crippen molar-refractivity contribution in [2.24, 2.45) is 0 Å². The summed E-state index contributed by atoms with van der Waals surface area (Å²) in [5.74, 6) is 0.513. The molecular formula is C20H18N6O. The van der Waals surface area contributed by atoms with Crippen molar-refractivity contribution in [3.8, 4) is 5.82 Å². The molecule has 7 nitrogen and oxygen atoms in total. The van der Waals surface area contributed by atoms with E-state index in [1.165, 1.54) is 6.33 Å². The smallest absolute Gasteiger partial charge is 0.268 e. The van der Waals surface area contributed by atoms with Gasteiger partial charge in [-0.05, 0) is 23.8 Å². The minimum absolute atomic E-state index is 0.135. The van der Waals surface area contributed by atoms with E-state index in [1.807, 2.05) is 65.4 Å². The van der Waals surface area contributed by atoms with Crippen molar-refractivity contribution >= 4 is 5.91 Å². The lowest BCUT2D eigenvalue weighted by atomic mass is 10.2. The standard InChI is InChI=1S/C20H18N6O/c27-20(18-9-5-11-25(18)13-16-6-2-1-3-7-16)23-12-17-8-4-10-22-19(17)26-15-21-14-24-26/h1-11,14-15H,12-13H2,(H,23,27). The van der Waals surface area contributed by atoms with Gasteiger partial charge in [0, 0.05) is 31.0 Å². The van der Waals surface area contributed by atoms with Crippen LogP contribution in [0.2, 0.25) is 0 Å². The Kier molecular flexibility index (Phi) is 4.74. The van der Waals surface area contributed by atoms with E-state index >= 15 is 0 Å². The van der Waals surface area contributed by atoms with Gasteiger partial charge in [-0.1, -0.05) is 36.4 Å². The van der Waals surface area contributed by atoms with Crippen molar-refractivity contribution in [3.63, 3.8) is 0 Å². The zero-order valence-electron chi connectivity index (χ0n) is 14.6. The fourth-order valence-corrected chi connectivity index (χ4v) is 2.90. The van der Waals surface area contributed by atoms with Gasteiger partial charge < -0.3 is 9.88 Å². The lowest BCUT2D eigenvalue weighted by molar-refractivity contribution is 0.0942. The van der Waals surface area contributed by atoms with Gasteiger partial charge in [-0.15, -0.1) is 0 Å². The molecule has 0 unspecified atom stereocenters. The van der Waals surface area contributed by atoms with Crippen LogP contribution < -0.4 is 5.32 Å². The Hall–Kier alpha value is -3.74. The van der Waals surface area contributed by atoms with Gasteiger partial charge in [0.1, 0.15) is 18.3 Å². The Morgan fingerprint density at radius 1 is 1.04 bits per heavy atom. The first-order valence-corrected chi connectivity index (χ1v) is 8.57. The number of hydrogen-bond donors (Lipinski definition) is 1. The van der Waals surface area contributed by atoms with Gasteiger partial charge >= 0.3 is 0 Å². The predicted octanol–water partition coefficient (Wildman–Crippen LogP) is 2.44. The van der Waals surface area contributed by atoms with Crippen molar-refractivity contribution in [1.82, 2.24) is 29.6 Å². The monoisotopic (exact) mass is 358 g/mol. The average molecular weight is 358 g/mol. The summed E-state index contributed by atoms with van der Waals surface area (Å²) in [6, 6.07) is 17.5. The second-order valence-electron chi connectivity index (χ2n) is 6.02. The van der Waals surface area contributed by atoms with Gasteiger partial charge in [-0.3, -0.25) is 4.79 Å². The highest BCUT2D eigenvalue weighted by atomic mass is 16.1. The van der Waals surface area contributed by atoms with E-state index in [2.05, 4.69) is 20.4 Å². The zero-order valence-corrected chi connectivity index (χ0v) is 14.6. The normalized spacial score (nSPS) is 10.7. The Morgan fingerprint density at radius 3 is 2.74 bits per heavy atom. The molecule has 0 atom stereocenters. The molecule has 0 radical (unpaired) electrons. The molecule has 1 amide bonds. The molecule has 0 aliphatic heterocycles. The fourth-order valence-electron chi connectivity index (χ4n) is 2.90. The first kappa shape index (κ1) is 16.7. The van der Waals surface area contributed by atoms with Crippen LogP contribution in [0.3, 0.4) is 0 Å². The lowest BCUT2D eigenvalue weighted by Gasteiger charge is -2.11. The maximum atomic E-state index is 12.7. The molecular weight excluding hydrogens is 340 g/mol. The molecule has 0 saturated heterocycles. The number of amides is 1. The highest BCUT2D eigenvalue weighted by molar-refractivity contribution is 5.92. The molecule has 3 heterocycles. The van der Waals surface area contributed by atoms with Crippen molar-refractivity contribution < 1.29 is 4.79 Å². The summed E-state index contributed by atoms with van der Waals surface area (Å²) in [4.78, 5) is 21.0. The number of aromatic nitrogens is 5. The molecule has 134 valence electrons. The molecule has 4 aromatic rings. The molecule has 4 rings (SSSR count). The van der Waals surface area contributed by atoms with E-state index in [1.54, 1.807) is 17.2 Å². The van der Waals surface area contributed by atoms with Crippen LogP contribution in [-0.2, 0) is 13.1 Å². The summed E-state index contributed by atoms with van der Waals surface area (Å²) in [5, 5.41) is 7.08. The van der Waals surface area contributed by atoms with Crippen LogP contribution in [-0.4, -0.2) is 30.2 Å². The number of nitrogens with one attached hydrogen (secondary N) is 1. The molecule has 1 N–H and O–H groups in total. The van der Waals surface area contributed by atoms with Crippen molar-refractivity contribution in [1.29, 1.82) is 0 Å². The molecule has 0 spiro atoms. The Morgan fingerprint density at radius 2 is 1.93 bits per heavy atom. The lowest BCUT2D eigenvalue weighted by Crippen LogP contribution is -2.26. The minimum atomic E-state index is -0.135. The number of nitrogens with zero attached hydrogens (tertiary/aromatic N) is 5. The maximum Gasteiger partial charge on any atom is 0.268 e. The van der Waals surface area contributed by atoms with Gasteiger partial charge in [0.15, 0.2) is 5.82 Å². The number of benzene rings is 1. The molecule has 3 aromatic heterocycles. The second-order valence-corrected chi connectivity index (χ2v) is 6.02. The van der Waals surface area contributed by atoms with E-state index < -0.39 is 0 Å². The van der Waals surface area contributed by atoms with Crippen LogP contribution in [0.15, 0.2) is 79.6 Å². The molecule has 0 aliphatic rings. The third-order valence-electron chi connectivity index (χ3n) is 4.20. The van der Waals surface area contributed by atoms with E-state index in [0.29, 0.717) is 24.6 Å². The van der Waals surface area contributed by atoms with Crippen LogP contribution >= 0.6 is 0 Å². The van der Waals surface area contributed by atoms with Crippen LogP contribution in [0.25, 0.3) is 5.82 Å². The molecule has 27 heavy (non-hydrogen) atoms. The van der Waals surface area contributed by atoms with Crippen LogP contribution in [0.1, 0.15) is 21.6 Å².